The SMILES string of the molecule is CCOC(=O)C1CCN(C(=NC)NCc2cccc(NC(C)=O)c2)CC1. The van der Waals surface area contributed by atoms with Crippen molar-refractivity contribution in [1.29, 1.82) is 0 Å². The number of ether oxygens (including phenoxy) is 1. The third-order valence-electron chi connectivity index (χ3n) is 4.32. The zero-order chi connectivity index (χ0) is 18.9. The fourth-order valence-electron chi connectivity index (χ4n) is 3.06. The first kappa shape index (κ1) is 19.8. The molecule has 7 heteroatoms. The molecule has 0 bridgehead atoms. The summed E-state index contributed by atoms with van der Waals surface area (Å²) in [6.45, 7) is 5.91. The van der Waals surface area contributed by atoms with Gasteiger partial charge in [0.2, 0.25) is 5.91 Å². The summed E-state index contributed by atoms with van der Waals surface area (Å²) in [5, 5.41) is 6.14. The minimum absolute atomic E-state index is 0.0151. The Hall–Kier alpha value is -2.57. The number of carbonyl (C=O) groups is 2. The van der Waals surface area contributed by atoms with Crippen LogP contribution in [0, 0.1) is 5.92 Å². The van der Waals surface area contributed by atoms with Crippen LogP contribution in [0.15, 0.2) is 29.3 Å². The van der Waals surface area contributed by atoms with Gasteiger partial charge in [-0.2, -0.15) is 0 Å². The lowest BCUT2D eigenvalue weighted by Gasteiger charge is -2.33. The summed E-state index contributed by atoms with van der Waals surface area (Å²) in [6.07, 6.45) is 1.55. The molecule has 1 aliphatic heterocycles. The topological polar surface area (TPSA) is 83.0 Å². The minimum Gasteiger partial charge on any atom is -0.466 e. The molecular weight excluding hydrogens is 332 g/mol. The zero-order valence-corrected chi connectivity index (χ0v) is 15.7. The van der Waals surface area contributed by atoms with Crippen molar-refractivity contribution in [2.45, 2.75) is 33.2 Å². The van der Waals surface area contributed by atoms with Gasteiger partial charge in [0.1, 0.15) is 0 Å². The summed E-state index contributed by atoms with van der Waals surface area (Å²) in [7, 11) is 1.76. The van der Waals surface area contributed by atoms with E-state index in [1.165, 1.54) is 6.92 Å². The van der Waals surface area contributed by atoms with Crippen LogP contribution in [0.3, 0.4) is 0 Å². The molecule has 0 aliphatic carbocycles. The molecule has 0 saturated carbocycles. The average molecular weight is 360 g/mol. The third-order valence-corrected chi connectivity index (χ3v) is 4.32. The lowest BCUT2D eigenvalue weighted by Crippen LogP contribution is -2.46. The summed E-state index contributed by atoms with van der Waals surface area (Å²) < 4.78 is 5.11. The van der Waals surface area contributed by atoms with Gasteiger partial charge in [-0.15, -0.1) is 0 Å². The summed E-state index contributed by atoms with van der Waals surface area (Å²) in [4.78, 5) is 29.5. The fourth-order valence-corrected chi connectivity index (χ4v) is 3.06. The van der Waals surface area contributed by atoms with Crippen LogP contribution in [0.1, 0.15) is 32.3 Å². The number of benzene rings is 1. The van der Waals surface area contributed by atoms with E-state index in [0.717, 1.165) is 43.1 Å². The van der Waals surface area contributed by atoms with Gasteiger partial charge in [-0.1, -0.05) is 12.1 Å². The number of hydrogen-bond acceptors (Lipinski definition) is 4. The first-order chi connectivity index (χ1) is 12.5. The lowest BCUT2D eigenvalue weighted by molar-refractivity contribution is -0.149. The second-order valence-corrected chi connectivity index (χ2v) is 6.30. The van der Waals surface area contributed by atoms with E-state index in [-0.39, 0.29) is 17.8 Å². The van der Waals surface area contributed by atoms with Crippen LogP contribution in [0.4, 0.5) is 5.69 Å². The monoisotopic (exact) mass is 360 g/mol. The van der Waals surface area contributed by atoms with Crippen molar-refractivity contribution in [3.8, 4) is 0 Å². The number of esters is 1. The third kappa shape index (κ3) is 5.75. The molecule has 142 valence electrons. The maximum absolute atomic E-state index is 11.8. The quantitative estimate of drug-likeness (QED) is 0.477. The maximum atomic E-state index is 11.8. The van der Waals surface area contributed by atoms with Crippen molar-refractivity contribution in [2.24, 2.45) is 10.9 Å². The van der Waals surface area contributed by atoms with E-state index in [4.69, 9.17) is 4.74 Å². The van der Waals surface area contributed by atoms with Gasteiger partial charge < -0.3 is 20.3 Å². The number of guanidine groups is 1. The number of rotatable bonds is 5. The van der Waals surface area contributed by atoms with Crippen LogP contribution in [-0.2, 0) is 20.9 Å². The van der Waals surface area contributed by atoms with E-state index in [0.29, 0.717) is 13.2 Å². The van der Waals surface area contributed by atoms with E-state index in [1.54, 1.807) is 7.05 Å². The molecule has 2 rings (SSSR count). The molecule has 1 aromatic carbocycles. The molecule has 0 unspecified atom stereocenters. The van der Waals surface area contributed by atoms with Gasteiger partial charge in [-0.3, -0.25) is 14.6 Å². The molecule has 1 saturated heterocycles. The number of nitrogens with one attached hydrogen (secondary N) is 2. The number of piperidine rings is 1. The minimum atomic E-state index is -0.0927. The summed E-state index contributed by atoms with van der Waals surface area (Å²) in [5.74, 6) is 0.621. The molecule has 1 heterocycles. The average Bonchev–Trinajstić information content (AvgIpc) is 2.63. The Bertz CT molecular complexity index is 652. The molecule has 7 nitrogen and oxygen atoms in total. The molecule has 26 heavy (non-hydrogen) atoms. The number of likely N-dealkylation sites (tertiary alicyclic amines) is 1. The molecule has 0 aromatic heterocycles. The smallest absolute Gasteiger partial charge is 0.309 e. The zero-order valence-electron chi connectivity index (χ0n) is 15.7. The first-order valence-corrected chi connectivity index (χ1v) is 9.02. The molecule has 0 radical (unpaired) electrons. The van der Waals surface area contributed by atoms with Gasteiger partial charge in [-0.25, -0.2) is 0 Å². The highest BCUT2D eigenvalue weighted by atomic mass is 16.5. The second kappa shape index (κ2) is 9.79. The Balaban J connectivity index is 1.87. The van der Waals surface area contributed by atoms with E-state index in [1.807, 2.05) is 31.2 Å². The molecular formula is C19H28N4O3. The van der Waals surface area contributed by atoms with Crippen molar-refractivity contribution >= 4 is 23.5 Å². The summed E-state index contributed by atoms with van der Waals surface area (Å²) in [6, 6.07) is 7.71. The Labute approximate surface area is 154 Å². The van der Waals surface area contributed by atoms with Gasteiger partial charge in [0.25, 0.3) is 0 Å². The normalized spacial score (nSPS) is 15.5. The molecule has 1 fully saturated rings. The number of nitrogens with zero attached hydrogens (tertiary/aromatic N) is 2. The Morgan fingerprint density at radius 2 is 2.04 bits per heavy atom. The largest absolute Gasteiger partial charge is 0.466 e. The Morgan fingerprint density at radius 3 is 2.65 bits per heavy atom. The number of aliphatic imine (C=N–C) groups is 1. The van der Waals surface area contributed by atoms with Crippen LogP contribution >= 0.6 is 0 Å². The predicted molar refractivity (Wildman–Crippen MR) is 102 cm³/mol. The van der Waals surface area contributed by atoms with Crippen molar-refractivity contribution in [3.05, 3.63) is 29.8 Å². The number of hydrogen-bond donors (Lipinski definition) is 2. The highest BCUT2D eigenvalue weighted by Crippen LogP contribution is 2.19. The van der Waals surface area contributed by atoms with Crippen molar-refractivity contribution in [3.63, 3.8) is 0 Å². The Kier molecular flexibility index (Phi) is 7.44. The van der Waals surface area contributed by atoms with E-state index < -0.39 is 0 Å². The maximum Gasteiger partial charge on any atom is 0.309 e. The van der Waals surface area contributed by atoms with E-state index in [9.17, 15) is 9.59 Å². The fraction of sp³-hybridized carbons (Fsp3) is 0.526. The Morgan fingerprint density at radius 1 is 1.31 bits per heavy atom. The molecule has 2 N–H and O–H groups in total. The van der Waals surface area contributed by atoms with Crippen LogP contribution in [0.5, 0.6) is 0 Å². The van der Waals surface area contributed by atoms with Gasteiger partial charge in [0.15, 0.2) is 5.96 Å². The number of amides is 1. The van der Waals surface area contributed by atoms with Crippen molar-refractivity contribution in [2.75, 3.05) is 32.1 Å². The highest BCUT2D eigenvalue weighted by molar-refractivity contribution is 5.88. The van der Waals surface area contributed by atoms with Gasteiger partial charge in [-0.05, 0) is 37.5 Å². The second-order valence-electron chi connectivity index (χ2n) is 6.30. The van der Waals surface area contributed by atoms with Gasteiger partial charge in [0, 0.05) is 39.3 Å². The first-order valence-electron chi connectivity index (χ1n) is 9.02. The molecule has 1 aliphatic rings. The standard InChI is InChI=1S/C19H28N4O3/c1-4-26-18(25)16-8-10-23(11-9-16)19(20-3)21-13-15-6-5-7-17(12-15)22-14(2)24/h5-7,12,16H,4,8-11,13H2,1-3H3,(H,20,21)(H,22,24). The van der Waals surface area contributed by atoms with Crippen LogP contribution in [-0.4, -0.2) is 49.5 Å². The van der Waals surface area contributed by atoms with Crippen molar-refractivity contribution in [1.82, 2.24) is 10.2 Å². The predicted octanol–water partition coefficient (Wildman–Crippen LogP) is 2.00. The van der Waals surface area contributed by atoms with Crippen LogP contribution in [0.25, 0.3) is 0 Å². The number of anilines is 1. The van der Waals surface area contributed by atoms with Gasteiger partial charge in [0.05, 0.1) is 12.5 Å². The van der Waals surface area contributed by atoms with E-state index >= 15 is 0 Å². The highest BCUT2D eigenvalue weighted by Gasteiger charge is 2.27. The summed E-state index contributed by atoms with van der Waals surface area (Å²) in [5.41, 5.74) is 1.83. The van der Waals surface area contributed by atoms with E-state index in [2.05, 4.69) is 20.5 Å². The molecule has 1 amide bonds. The van der Waals surface area contributed by atoms with Crippen molar-refractivity contribution < 1.29 is 14.3 Å². The number of carbonyl (C=O) groups excluding carboxylic acids is 2. The summed E-state index contributed by atoms with van der Waals surface area (Å²) >= 11 is 0. The molecule has 0 atom stereocenters. The van der Waals surface area contributed by atoms with Gasteiger partial charge >= 0.3 is 5.97 Å². The lowest BCUT2D eigenvalue weighted by atomic mass is 9.97. The molecule has 1 aromatic rings. The van der Waals surface area contributed by atoms with Crippen LogP contribution < -0.4 is 10.6 Å². The van der Waals surface area contributed by atoms with Crippen LogP contribution in [0.2, 0.25) is 0 Å². The molecule has 0 spiro atoms.